The first-order chi connectivity index (χ1) is 34.3. The van der Waals surface area contributed by atoms with Gasteiger partial charge in [-0.2, -0.15) is 0 Å². The van der Waals surface area contributed by atoms with Gasteiger partial charge in [0.25, 0.3) is 0 Å². The Morgan fingerprint density at radius 2 is 1.55 bits per heavy atom. The Bertz CT molecular complexity index is 2060. The number of unbranched alkanes of at least 4 members (excludes halogenated alkanes) is 1. The Balaban J connectivity index is 2.28. The lowest BCUT2D eigenvalue weighted by Crippen LogP contribution is -2.61. The van der Waals surface area contributed by atoms with Crippen LogP contribution in [0.4, 0.5) is 0 Å². The van der Waals surface area contributed by atoms with E-state index in [-0.39, 0.29) is 56.4 Å². The number of ether oxygens (including phenoxy) is 3. The number of carbonyl (C=O) groups is 9. The molecule has 2 saturated heterocycles. The van der Waals surface area contributed by atoms with Crippen LogP contribution in [-0.2, 0) is 59.0 Å². The van der Waals surface area contributed by atoms with E-state index in [1.807, 2.05) is 41.5 Å². The number of Topliss-reactive ketones (excluding diaryl/α,β-unsaturated/α-hetero) is 1. The van der Waals surface area contributed by atoms with Gasteiger partial charge < -0.3 is 50.0 Å². The number of fused-ring (bicyclic) bond motifs is 1. The number of hydrogen-bond acceptors (Lipinski definition) is 13. The maximum Gasteiger partial charge on any atom is 0.329 e. The van der Waals surface area contributed by atoms with Crippen LogP contribution in [0.1, 0.15) is 140 Å². The van der Waals surface area contributed by atoms with E-state index in [4.69, 9.17) is 14.2 Å². The van der Waals surface area contributed by atoms with Gasteiger partial charge in [0.1, 0.15) is 42.1 Å². The summed E-state index contributed by atoms with van der Waals surface area (Å²) in [6, 6.07) is -0.605. The summed E-state index contributed by atoms with van der Waals surface area (Å²) in [5, 5.41) is 20.1. The molecule has 410 valence electrons. The number of rotatable bonds is 16. The van der Waals surface area contributed by atoms with Gasteiger partial charge in [-0.3, -0.25) is 38.4 Å². The Hall–Kier alpha value is -5.59. The number of cyclic esters (lactones) is 2. The largest absolute Gasteiger partial charge is 0.497 e. The second-order valence-electron chi connectivity index (χ2n) is 21.2. The number of carbonyl (C=O) groups excluding carboxylic acids is 9. The van der Waals surface area contributed by atoms with Crippen molar-refractivity contribution in [2.75, 3.05) is 27.7 Å². The predicted octanol–water partition coefficient (Wildman–Crippen LogP) is 4.13. The summed E-state index contributed by atoms with van der Waals surface area (Å²) in [6.07, 6.45) is -2.29. The molecule has 0 unspecified atom stereocenters. The summed E-state index contributed by atoms with van der Waals surface area (Å²) in [5.41, 5.74) is 0.605. The van der Waals surface area contributed by atoms with E-state index in [1.54, 1.807) is 45.0 Å². The monoisotopic (exact) mass is 1030 g/mol. The van der Waals surface area contributed by atoms with Crippen LogP contribution in [0.2, 0.25) is 0 Å². The molecule has 73 heavy (non-hydrogen) atoms. The molecule has 0 aromatic heterocycles. The molecule has 0 aliphatic carbocycles. The summed E-state index contributed by atoms with van der Waals surface area (Å²) in [4.78, 5) is 133. The minimum Gasteiger partial charge on any atom is -0.497 e. The Labute approximate surface area is 432 Å². The summed E-state index contributed by atoms with van der Waals surface area (Å²) in [5.74, 6) is -8.64. The Morgan fingerprint density at radius 3 is 2.11 bits per heavy atom. The van der Waals surface area contributed by atoms with Gasteiger partial charge in [0.05, 0.1) is 31.6 Å². The van der Waals surface area contributed by atoms with Crippen LogP contribution in [0.15, 0.2) is 24.3 Å². The molecule has 4 N–H and O–H groups in total. The minimum atomic E-state index is -1.66. The van der Waals surface area contributed by atoms with Crippen molar-refractivity contribution in [3.63, 3.8) is 0 Å². The minimum absolute atomic E-state index is 0.0766. The van der Waals surface area contributed by atoms with Crippen molar-refractivity contribution in [1.29, 1.82) is 0 Å². The fourth-order valence-corrected chi connectivity index (χ4v) is 9.28. The van der Waals surface area contributed by atoms with E-state index in [2.05, 4.69) is 16.0 Å². The van der Waals surface area contributed by atoms with E-state index >= 15 is 0 Å². The molecule has 0 saturated carbocycles. The number of methoxy groups -OCH3 is 1. The number of likely N-dealkylation sites (N-methyl/N-ethyl adjacent to an activating group) is 2. The molecule has 2 aliphatic rings. The van der Waals surface area contributed by atoms with Crippen LogP contribution in [0.3, 0.4) is 0 Å². The molecular weight excluding hydrogens is 941 g/mol. The highest BCUT2D eigenvalue weighted by atomic mass is 16.6. The quantitative estimate of drug-likeness (QED) is 0.135. The number of benzene rings is 1. The summed E-state index contributed by atoms with van der Waals surface area (Å²) in [6.45, 7) is 19.2. The first kappa shape index (κ1) is 61.7. The third kappa shape index (κ3) is 17.2. The second-order valence-corrected chi connectivity index (χ2v) is 21.2. The molecule has 0 spiro atoms. The van der Waals surface area contributed by atoms with Gasteiger partial charge in [-0.05, 0) is 87.3 Å². The van der Waals surface area contributed by atoms with Gasteiger partial charge >= 0.3 is 11.9 Å². The fourth-order valence-electron chi connectivity index (χ4n) is 9.28. The van der Waals surface area contributed by atoms with Crippen LogP contribution in [0.5, 0.6) is 5.75 Å². The Kier molecular flexibility index (Phi) is 24.3. The highest BCUT2D eigenvalue weighted by Crippen LogP contribution is 2.26. The van der Waals surface area contributed by atoms with Crippen LogP contribution in [0.25, 0.3) is 0 Å². The number of esters is 2. The first-order valence-corrected chi connectivity index (χ1v) is 26.3. The molecule has 0 bridgehead atoms. The molecule has 3 rings (SSSR count). The van der Waals surface area contributed by atoms with Crippen LogP contribution in [-0.4, -0.2) is 155 Å². The smallest absolute Gasteiger partial charge is 0.329 e. The lowest BCUT2D eigenvalue weighted by molar-refractivity contribution is -0.163. The molecule has 19 nitrogen and oxygen atoms in total. The predicted molar refractivity (Wildman–Crippen MR) is 273 cm³/mol. The standard InChI is InChI=1S/C54H86N6O13/c1-15-17-20-43(62)58(12)40(27-31(5)6)50(66)57-46-35(11)72-54(70)41(28-36-21-23-37(71-14)24-22-36)59(13)53(69)39-19-18-25-60(39)52(68)38(26-30(3)4)55-49(65)34(10)47(64)48(32(7)8)73-44(63)29-42(61)45(33(9)16-2)56-51(46)67/h21-24,30-35,38-42,45-46,48,61H,15-20,25-29H2,1-14H3,(H,55,65)(H,56,67)(H,57,66)/t33-,34-,35+,38-,39-,40+,41-,42-,45-,46-,48-/m0/s1. The molecular formula is C54H86N6O13. The first-order valence-electron chi connectivity index (χ1n) is 26.3. The van der Waals surface area contributed by atoms with Crippen molar-refractivity contribution in [3.05, 3.63) is 29.8 Å². The van der Waals surface area contributed by atoms with Gasteiger partial charge in [0.15, 0.2) is 11.9 Å². The lowest BCUT2D eigenvalue weighted by atomic mass is 9.91. The molecule has 2 fully saturated rings. The number of nitrogens with one attached hydrogen (secondary N) is 3. The van der Waals surface area contributed by atoms with Gasteiger partial charge in [-0.15, -0.1) is 0 Å². The SMILES string of the molecule is CCCCC(=O)N(C)[C@H](CC(C)C)C(=O)N[C@@H]1C(=O)N[C@@H]([C@@H](C)CC)[C@@H](O)CC(=O)O[C@@H](C(C)C)C(=O)[C@H](C)C(=O)N[C@@H](CC(C)C)C(=O)N2CCC[C@H]2C(=O)N(C)[C@@H](Cc2ccc(OC)cc2)C(=O)O[C@@H]1C. The van der Waals surface area contributed by atoms with Gasteiger partial charge in [0.2, 0.25) is 35.4 Å². The Morgan fingerprint density at radius 1 is 0.904 bits per heavy atom. The lowest BCUT2D eigenvalue weighted by Gasteiger charge is -2.36. The average molecular weight is 1030 g/mol. The van der Waals surface area contributed by atoms with Gasteiger partial charge in [-0.25, -0.2) is 4.79 Å². The van der Waals surface area contributed by atoms with E-state index in [1.165, 1.54) is 49.8 Å². The number of aliphatic hydroxyl groups excluding tert-OH is 1. The second kappa shape index (κ2) is 28.8. The zero-order chi connectivity index (χ0) is 55.0. The topological polar surface area (TPSA) is 247 Å². The fraction of sp³-hybridized carbons (Fsp3) is 0.722. The van der Waals surface area contributed by atoms with E-state index in [0.29, 0.717) is 30.6 Å². The van der Waals surface area contributed by atoms with Crippen molar-refractivity contribution in [2.45, 2.75) is 195 Å². The maximum absolute atomic E-state index is 14.8. The number of hydrogen-bond donors (Lipinski definition) is 4. The highest BCUT2D eigenvalue weighted by molar-refractivity contribution is 6.05. The third-order valence-corrected chi connectivity index (χ3v) is 14.1. The number of amides is 6. The molecule has 19 heteroatoms. The maximum atomic E-state index is 14.8. The number of nitrogens with zero attached hydrogens (tertiary/aromatic N) is 3. The zero-order valence-corrected chi connectivity index (χ0v) is 45.9. The molecule has 6 amide bonds. The highest BCUT2D eigenvalue weighted by Gasteiger charge is 2.45. The van der Waals surface area contributed by atoms with Crippen LogP contribution in [0, 0.1) is 29.6 Å². The molecule has 1 aromatic rings. The molecule has 11 atom stereocenters. The summed E-state index contributed by atoms with van der Waals surface area (Å²) in [7, 11) is 4.45. The third-order valence-electron chi connectivity index (χ3n) is 14.1. The summed E-state index contributed by atoms with van der Waals surface area (Å²) >= 11 is 0. The van der Waals surface area contributed by atoms with Crippen molar-refractivity contribution in [1.82, 2.24) is 30.7 Å². The van der Waals surface area contributed by atoms with E-state index in [9.17, 15) is 48.3 Å². The van der Waals surface area contributed by atoms with E-state index in [0.717, 1.165) is 6.42 Å². The molecule has 1 aromatic carbocycles. The van der Waals surface area contributed by atoms with Gasteiger partial charge in [0, 0.05) is 33.5 Å². The molecule has 2 aliphatic heterocycles. The van der Waals surface area contributed by atoms with E-state index < -0.39 is 126 Å². The van der Waals surface area contributed by atoms with Crippen LogP contribution < -0.4 is 20.7 Å². The van der Waals surface area contributed by atoms with Gasteiger partial charge in [-0.1, -0.05) is 87.3 Å². The number of aliphatic hydroxyl groups is 1. The average Bonchev–Trinajstić information content (AvgIpc) is 3.84. The van der Waals surface area contributed by atoms with Crippen LogP contribution >= 0.6 is 0 Å². The van der Waals surface area contributed by atoms with Crippen molar-refractivity contribution < 1.29 is 62.5 Å². The normalized spacial score (nSPS) is 26.4. The molecule has 0 radical (unpaired) electrons. The summed E-state index contributed by atoms with van der Waals surface area (Å²) < 4.78 is 17.2. The van der Waals surface area contributed by atoms with Crippen molar-refractivity contribution in [2.24, 2.45) is 29.6 Å². The number of ketones is 1. The van der Waals surface area contributed by atoms with Crippen molar-refractivity contribution in [3.8, 4) is 5.75 Å². The molecule has 2 heterocycles. The zero-order valence-electron chi connectivity index (χ0n) is 45.9. The van der Waals surface area contributed by atoms with Crippen molar-refractivity contribution >= 4 is 53.2 Å².